The average Bonchev–Trinajstić information content (AvgIpc) is 3.04. The molecule has 0 spiro atoms. The van der Waals surface area contributed by atoms with Crippen LogP contribution in [0.3, 0.4) is 0 Å². The third kappa shape index (κ3) is 4.84. The first-order chi connectivity index (χ1) is 13.8. The summed E-state index contributed by atoms with van der Waals surface area (Å²) in [7, 11) is 1.47. The van der Waals surface area contributed by atoms with Crippen LogP contribution in [-0.2, 0) is 20.9 Å². The predicted octanol–water partition coefficient (Wildman–Crippen LogP) is 0.260. The van der Waals surface area contributed by atoms with E-state index in [1.807, 2.05) is 4.90 Å². The first-order valence-corrected chi connectivity index (χ1v) is 9.67. The number of benzene rings is 1. The highest BCUT2D eigenvalue weighted by Crippen LogP contribution is 2.28. The molecule has 1 aromatic carbocycles. The van der Waals surface area contributed by atoms with Gasteiger partial charge >= 0.3 is 0 Å². The van der Waals surface area contributed by atoms with Crippen molar-refractivity contribution in [2.75, 3.05) is 26.7 Å². The highest BCUT2D eigenvalue weighted by molar-refractivity contribution is 5.85. The molecule has 3 rings (SSSR count). The van der Waals surface area contributed by atoms with Crippen LogP contribution >= 0.6 is 0 Å². The predicted molar refractivity (Wildman–Crippen MR) is 104 cm³/mol. The number of carbonyl (C=O) groups excluding carboxylic acids is 3. The summed E-state index contributed by atoms with van der Waals surface area (Å²) in [6.07, 6.45) is 0.653. The SMILES string of the molecule is COc1ccc(CN2C[C@@H]3C[C@H](NC(C)=O)CN3C(=O)[C@@H]2CNC(C)=O)c(F)c1. The van der Waals surface area contributed by atoms with E-state index in [-0.39, 0.29) is 42.9 Å². The molecule has 1 aromatic rings. The van der Waals surface area contributed by atoms with Crippen molar-refractivity contribution in [3.05, 3.63) is 29.6 Å². The van der Waals surface area contributed by atoms with Gasteiger partial charge in [0, 0.05) is 63.7 Å². The number of piperazine rings is 1. The number of hydrogen-bond acceptors (Lipinski definition) is 5. The molecule has 9 heteroatoms. The second-order valence-corrected chi connectivity index (χ2v) is 7.62. The molecule has 8 nitrogen and oxygen atoms in total. The zero-order chi connectivity index (χ0) is 21.1. The van der Waals surface area contributed by atoms with Gasteiger partial charge in [0.15, 0.2) is 0 Å². The van der Waals surface area contributed by atoms with Crippen LogP contribution in [-0.4, -0.2) is 72.4 Å². The number of methoxy groups -OCH3 is 1. The molecule has 0 saturated carbocycles. The third-order valence-electron chi connectivity index (χ3n) is 5.45. The van der Waals surface area contributed by atoms with E-state index in [0.29, 0.717) is 30.8 Å². The van der Waals surface area contributed by atoms with Crippen molar-refractivity contribution in [2.24, 2.45) is 0 Å². The molecule has 2 aliphatic heterocycles. The van der Waals surface area contributed by atoms with Gasteiger partial charge in [-0.3, -0.25) is 19.3 Å². The fourth-order valence-electron chi connectivity index (χ4n) is 4.13. The molecule has 3 atom stereocenters. The molecule has 3 amide bonds. The van der Waals surface area contributed by atoms with Gasteiger partial charge < -0.3 is 20.3 Å². The summed E-state index contributed by atoms with van der Waals surface area (Å²) in [5, 5.41) is 5.58. The Morgan fingerprint density at radius 1 is 1.24 bits per heavy atom. The summed E-state index contributed by atoms with van der Waals surface area (Å²) in [5.41, 5.74) is 0.455. The minimum absolute atomic E-state index is 0.0609. The quantitative estimate of drug-likeness (QED) is 0.707. The maximum absolute atomic E-state index is 14.5. The molecule has 0 aliphatic carbocycles. The van der Waals surface area contributed by atoms with Crippen LogP contribution in [0, 0.1) is 5.82 Å². The Kier molecular flexibility index (Phi) is 6.36. The van der Waals surface area contributed by atoms with Gasteiger partial charge in [0.1, 0.15) is 17.6 Å². The van der Waals surface area contributed by atoms with Crippen LogP contribution in [0.4, 0.5) is 4.39 Å². The third-order valence-corrected chi connectivity index (χ3v) is 5.45. The van der Waals surface area contributed by atoms with Crippen molar-refractivity contribution in [2.45, 2.75) is 44.9 Å². The molecule has 2 aliphatic rings. The fourth-order valence-corrected chi connectivity index (χ4v) is 4.13. The van der Waals surface area contributed by atoms with Gasteiger partial charge in [-0.05, 0) is 12.5 Å². The van der Waals surface area contributed by atoms with Gasteiger partial charge in [0.2, 0.25) is 17.7 Å². The number of rotatable bonds is 6. The van der Waals surface area contributed by atoms with Gasteiger partial charge in [0.05, 0.1) is 7.11 Å². The van der Waals surface area contributed by atoms with E-state index in [1.165, 1.54) is 27.0 Å². The summed E-state index contributed by atoms with van der Waals surface area (Å²) in [6, 6.07) is 3.90. The molecule has 2 N–H and O–H groups in total. The molecule has 0 bridgehead atoms. The molecule has 2 saturated heterocycles. The fraction of sp³-hybridized carbons (Fsp3) is 0.550. The number of amides is 3. The minimum Gasteiger partial charge on any atom is -0.497 e. The zero-order valence-corrected chi connectivity index (χ0v) is 16.9. The van der Waals surface area contributed by atoms with E-state index < -0.39 is 11.9 Å². The highest BCUT2D eigenvalue weighted by Gasteiger charge is 2.45. The Balaban J connectivity index is 1.80. The maximum atomic E-state index is 14.5. The standard InChI is InChI=1S/C20H27FN4O4/c1-12(26)22-8-19-20(28)25-10-15(23-13(2)27)6-16(25)11-24(19)9-14-4-5-17(29-3)7-18(14)21/h4-5,7,15-16,19H,6,8-11H2,1-3H3,(H,22,26)(H,23,27)/t15-,16-,19-/m0/s1. The number of ether oxygens (including phenoxy) is 1. The van der Waals surface area contributed by atoms with Gasteiger partial charge in [-0.2, -0.15) is 0 Å². The summed E-state index contributed by atoms with van der Waals surface area (Å²) in [5.74, 6) is -0.449. The Morgan fingerprint density at radius 3 is 2.62 bits per heavy atom. The van der Waals surface area contributed by atoms with E-state index in [9.17, 15) is 18.8 Å². The van der Waals surface area contributed by atoms with Gasteiger partial charge in [-0.15, -0.1) is 0 Å². The van der Waals surface area contributed by atoms with Crippen molar-refractivity contribution in [1.82, 2.24) is 20.4 Å². The topological polar surface area (TPSA) is 91.0 Å². The molecular weight excluding hydrogens is 379 g/mol. The smallest absolute Gasteiger partial charge is 0.242 e. The van der Waals surface area contributed by atoms with Gasteiger partial charge in [-0.1, -0.05) is 6.07 Å². The molecule has 29 heavy (non-hydrogen) atoms. The van der Waals surface area contributed by atoms with E-state index in [0.717, 1.165) is 0 Å². The van der Waals surface area contributed by atoms with Gasteiger partial charge in [0.25, 0.3) is 0 Å². The number of halogens is 1. The largest absolute Gasteiger partial charge is 0.497 e. The second kappa shape index (κ2) is 8.77. The van der Waals surface area contributed by atoms with Crippen molar-refractivity contribution in [3.8, 4) is 5.75 Å². The first kappa shape index (κ1) is 21.0. The Morgan fingerprint density at radius 2 is 2.00 bits per heavy atom. The van der Waals surface area contributed by atoms with E-state index in [2.05, 4.69) is 10.6 Å². The average molecular weight is 406 g/mol. The van der Waals surface area contributed by atoms with Crippen molar-refractivity contribution in [3.63, 3.8) is 0 Å². The van der Waals surface area contributed by atoms with Crippen molar-refractivity contribution < 1.29 is 23.5 Å². The molecular formula is C20H27FN4O4. The molecule has 0 unspecified atom stereocenters. The second-order valence-electron chi connectivity index (χ2n) is 7.62. The zero-order valence-electron chi connectivity index (χ0n) is 16.9. The van der Waals surface area contributed by atoms with Crippen LogP contribution in [0.2, 0.25) is 0 Å². The molecule has 0 aromatic heterocycles. The van der Waals surface area contributed by atoms with Crippen LogP contribution in [0.25, 0.3) is 0 Å². The lowest BCUT2D eigenvalue weighted by molar-refractivity contribution is -0.144. The molecule has 158 valence electrons. The van der Waals surface area contributed by atoms with Crippen molar-refractivity contribution in [1.29, 1.82) is 0 Å². The van der Waals surface area contributed by atoms with Crippen LogP contribution in [0.1, 0.15) is 25.8 Å². The van der Waals surface area contributed by atoms with Crippen LogP contribution < -0.4 is 15.4 Å². The Labute approximate surface area is 169 Å². The molecule has 0 radical (unpaired) electrons. The lowest BCUT2D eigenvalue weighted by Crippen LogP contribution is -2.62. The highest BCUT2D eigenvalue weighted by atomic mass is 19.1. The summed E-state index contributed by atoms with van der Waals surface area (Å²) < 4.78 is 19.5. The van der Waals surface area contributed by atoms with Crippen molar-refractivity contribution >= 4 is 17.7 Å². The lowest BCUT2D eigenvalue weighted by Gasteiger charge is -2.42. The van der Waals surface area contributed by atoms with E-state index in [1.54, 1.807) is 17.0 Å². The number of nitrogens with one attached hydrogen (secondary N) is 2. The summed E-state index contributed by atoms with van der Waals surface area (Å²) in [4.78, 5) is 39.6. The monoisotopic (exact) mass is 406 g/mol. The number of carbonyl (C=O) groups is 3. The minimum atomic E-state index is -0.590. The Hall–Kier alpha value is -2.68. The summed E-state index contributed by atoms with van der Waals surface area (Å²) in [6.45, 7) is 4.23. The molecule has 2 heterocycles. The Bertz CT molecular complexity index is 803. The van der Waals surface area contributed by atoms with Gasteiger partial charge in [-0.25, -0.2) is 4.39 Å². The summed E-state index contributed by atoms with van der Waals surface area (Å²) >= 11 is 0. The number of nitrogens with zero attached hydrogens (tertiary/aromatic N) is 2. The number of hydrogen-bond donors (Lipinski definition) is 2. The van der Waals surface area contributed by atoms with Crippen LogP contribution in [0.15, 0.2) is 18.2 Å². The van der Waals surface area contributed by atoms with Crippen LogP contribution in [0.5, 0.6) is 5.75 Å². The lowest BCUT2D eigenvalue weighted by atomic mass is 10.0. The normalized spacial score (nSPS) is 24.2. The number of fused-ring (bicyclic) bond motifs is 1. The maximum Gasteiger partial charge on any atom is 0.242 e. The van der Waals surface area contributed by atoms with E-state index >= 15 is 0 Å². The molecule has 2 fully saturated rings. The van der Waals surface area contributed by atoms with E-state index in [4.69, 9.17) is 4.74 Å². The first-order valence-electron chi connectivity index (χ1n) is 9.67.